The van der Waals surface area contributed by atoms with E-state index in [2.05, 4.69) is 84.7 Å². The van der Waals surface area contributed by atoms with Gasteiger partial charge in [-0.25, -0.2) is 4.79 Å². The number of hydrogen-bond donors (Lipinski definition) is 25. The number of aliphatic hydroxyl groups is 1. The van der Waals surface area contributed by atoms with Gasteiger partial charge in [-0.2, -0.15) is 0 Å². The fourth-order valence-corrected chi connectivity index (χ4v) is 13.2. The number of likely N-dealkylation sites (tertiary alicyclic amines) is 1. The van der Waals surface area contributed by atoms with Crippen molar-refractivity contribution >= 4 is 135 Å². The van der Waals surface area contributed by atoms with E-state index in [4.69, 9.17) is 27.7 Å². The molecule has 3 rings (SSSR count). The van der Waals surface area contributed by atoms with Gasteiger partial charge in [-0.1, -0.05) is 73.6 Å². The lowest BCUT2D eigenvalue weighted by Crippen LogP contribution is -2.62. The van der Waals surface area contributed by atoms with Crippen molar-refractivity contribution < 1.29 is 121 Å². The molecule has 0 radical (unpaired) electrons. The number of nitrogens with zero attached hydrogens (tertiary/aromatic N) is 1. The number of carbonyl (C=O) groups excluding carboxylic acids is 16. The monoisotopic (exact) mass is 1780 g/mol. The number of aliphatic hydroxyl groups excluding tert-OH is 1. The fraction of sp³-hybridized carbons (Fsp3) is 0.637. The third-order valence-corrected chi connectivity index (χ3v) is 20.1. The molecule has 16 atom stereocenters. The van der Waals surface area contributed by atoms with Gasteiger partial charge in [0.15, 0.2) is 5.96 Å². The Balaban J connectivity index is 1.86. The number of H-pyrrole nitrogens is 1. The first-order valence-electron chi connectivity index (χ1n) is 41.7. The zero-order chi connectivity index (χ0) is 95.3. The summed E-state index contributed by atoms with van der Waals surface area (Å²) in [4.78, 5) is 272. The number of rotatable bonds is 56. The molecule has 2 aromatic rings. The molecule has 28 N–H and O–H groups in total. The lowest BCUT2D eigenvalue weighted by molar-refractivity contribution is -0.145. The van der Waals surface area contributed by atoms with Crippen LogP contribution in [0.5, 0.6) is 0 Å². The van der Waals surface area contributed by atoms with Crippen LogP contribution in [0.1, 0.15) is 185 Å². The Morgan fingerprint density at radius 2 is 0.873 bits per heavy atom. The number of guanidine groups is 1. The third-order valence-electron chi connectivity index (χ3n) is 20.1. The number of benzene rings is 1. The molecule has 0 aliphatic carbocycles. The summed E-state index contributed by atoms with van der Waals surface area (Å²) in [5, 5.41) is 95.0. The molecule has 1 aliphatic heterocycles. The van der Waals surface area contributed by atoms with E-state index in [0.29, 0.717) is 16.5 Å². The van der Waals surface area contributed by atoms with Gasteiger partial charge in [0.25, 0.3) is 0 Å². The molecule has 126 heavy (non-hydrogen) atoms. The third kappa shape index (κ3) is 37.8. The largest absolute Gasteiger partial charge is 0.481 e. The normalized spacial score (nSPS) is 16.0. The number of carboxylic acids is 4. The van der Waals surface area contributed by atoms with E-state index < -0.39 is 290 Å². The van der Waals surface area contributed by atoms with E-state index in [9.17, 15) is 116 Å². The Morgan fingerprint density at radius 3 is 1.34 bits per heavy atom. The number of aliphatic carboxylic acids is 4. The smallest absolute Gasteiger partial charge is 0.326 e. The van der Waals surface area contributed by atoms with Crippen molar-refractivity contribution in [2.24, 2.45) is 40.9 Å². The first-order valence-corrected chi connectivity index (χ1v) is 41.7. The highest BCUT2D eigenvalue weighted by Gasteiger charge is 2.43. The van der Waals surface area contributed by atoms with Gasteiger partial charge in [-0.05, 0) is 134 Å². The number of fused-ring (bicyclic) bond motifs is 1. The molecule has 0 bridgehead atoms. The van der Waals surface area contributed by atoms with Gasteiger partial charge in [0, 0.05) is 62.3 Å². The number of carbonyl (C=O) groups is 20. The minimum Gasteiger partial charge on any atom is -0.481 e. The van der Waals surface area contributed by atoms with E-state index in [-0.39, 0.29) is 76.8 Å². The molecule has 702 valence electrons. The van der Waals surface area contributed by atoms with Crippen LogP contribution in [-0.4, -0.2) is 276 Å². The van der Waals surface area contributed by atoms with E-state index in [1.54, 1.807) is 85.9 Å². The molecule has 46 heteroatoms. The molecule has 1 saturated heterocycles. The van der Waals surface area contributed by atoms with Gasteiger partial charge in [0.1, 0.15) is 84.6 Å². The molecule has 46 nitrogen and oxygen atoms in total. The van der Waals surface area contributed by atoms with E-state index in [0.717, 1.165) is 11.8 Å². The van der Waals surface area contributed by atoms with Crippen LogP contribution in [0.4, 0.5) is 0 Å². The van der Waals surface area contributed by atoms with E-state index in [1.807, 2.05) is 0 Å². The number of hydrogen-bond acceptors (Lipinski definition) is 23. The molecule has 1 aliphatic rings. The van der Waals surface area contributed by atoms with Crippen LogP contribution in [0, 0.1) is 29.1 Å². The number of nitrogens with one attached hydrogen (secondary N) is 17. The van der Waals surface area contributed by atoms with Crippen molar-refractivity contribution in [2.45, 2.75) is 283 Å². The number of para-hydroxylation sites is 1. The van der Waals surface area contributed by atoms with Gasteiger partial charge >= 0.3 is 23.9 Å². The Hall–Kier alpha value is -12.7. The molecule has 2 heterocycles. The van der Waals surface area contributed by atoms with E-state index in [1.165, 1.54) is 20.8 Å². The van der Waals surface area contributed by atoms with Gasteiger partial charge < -0.3 is 132 Å². The van der Waals surface area contributed by atoms with Crippen molar-refractivity contribution in [1.29, 1.82) is 5.41 Å². The predicted molar refractivity (Wildman–Crippen MR) is 451 cm³/mol. The summed E-state index contributed by atoms with van der Waals surface area (Å²) in [6.45, 7) is 17.4. The van der Waals surface area contributed by atoms with Crippen LogP contribution in [0.15, 0.2) is 30.5 Å². The molecule has 16 amide bonds. The number of nitrogens with two attached hydrogens (primary N) is 3. The Morgan fingerprint density at radius 1 is 0.460 bits per heavy atom. The van der Waals surface area contributed by atoms with Crippen LogP contribution < -0.4 is 97.0 Å². The first-order chi connectivity index (χ1) is 58.9. The predicted octanol–water partition coefficient (Wildman–Crippen LogP) is -5.11. The summed E-state index contributed by atoms with van der Waals surface area (Å²) in [5.41, 5.74) is 17.6. The average molecular weight is 1780 g/mol. The maximum absolute atomic E-state index is 14.7. The number of aromatic nitrogens is 1. The highest BCUT2D eigenvalue weighted by molar-refractivity contribution is 6.01. The maximum Gasteiger partial charge on any atom is 0.326 e. The van der Waals surface area contributed by atoms with Gasteiger partial charge in [-0.3, -0.25) is 96.5 Å². The molecule has 0 unspecified atom stereocenters. The molecule has 0 spiro atoms. The van der Waals surface area contributed by atoms with Gasteiger partial charge in [0.2, 0.25) is 94.5 Å². The molecule has 0 saturated carbocycles. The zero-order valence-corrected chi connectivity index (χ0v) is 72.9. The summed E-state index contributed by atoms with van der Waals surface area (Å²) in [7, 11) is 0. The summed E-state index contributed by atoms with van der Waals surface area (Å²) in [6.07, 6.45) is -5.23. The number of aromatic amines is 1. The average Bonchev–Trinajstić information content (AvgIpc) is 1.65. The topological polar surface area (TPSA) is 744 Å². The Bertz CT molecular complexity index is 4190. The maximum atomic E-state index is 14.7. The second-order valence-electron chi connectivity index (χ2n) is 32.8. The van der Waals surface area contributed by atoms with Crippen molar-refractivity contribution in [1.82, 2.24) is 89.6 Å². The first kappa shape index (κ1) is 108. The molecule has 1 fully saturated rings. The quantitative estimate of drug-likeness (QED) is 0.0167. The summed E-state index contributed by atoms with van der Waals surface area (Å²) < 4.78 is 0. The Kier molecular flexibility index (Phi) is 45.1. The molecular weight excluding hydrogens is 1660 g/mol. The van der Waals surface area contributed by atoms with Crippen LogP contribution in [0.3, 0.4) is 0 Å². The van der Waals surface area contributed by atoms with Crippen molar-refractivity contribution in [3.8, 4) is 0 Å². The van der Waals surface area contributed by atoms with Crippen LogP contribution >= 0.6 is 0 Å². The summed E-state index contributed by atoms with van der Waals surface area (Å²) >= 11 is 0. The summed E-state index contributed by atoms with van der Waals surface area (Å²) in [6, 6.07) is -15.9. The van der Waals surface area contributed by atoms with E-state index >= 15 is 0 Å². The van der Waals surface area contributed by atoms with Crippen LogP contribution in [-0.2, 0) is 102 Å². The zero-order valence-electron chi connectivity index (χ0n) is 72.9. The van der Waals surface area contributed by atoms with Crippen LogP contribution in [0.2, 0.25) is 0 Å². The second-order valence-corrected chi connectivity index (χ2v) is 32.8. The highest BCUT2D eigenvalue weighted by Crippen LogP contribution is 2.23. The highest BCUT2D eigenvalue weighted by atomic mass is 16.4. The Labute approximate surface area is 728 Å². The fourth-order valence-electron chi connectivity index (χ4n) is 13.2. The lowest BCUT2D eigenvalue weighted by Gasteiger charge is -2.32. The number of carboxylic acid groups (broad SMARTS) is 4. The molecular formula is C80H127N21O25. The van der Waals surface area contributed by atoms with Crippen molar-refractivity contribution in [3.05, 3.63) is 36.0 Å². The van der Waals surface area contributed by atoms with Gasteiger partial charge in [-0.15, -0.1) is 0 Å². The number of primary amides is 1. The van der Waals surface area contributed by atoms with Crippen molar-refractivity contribution in [2.75, 3.05) is 19.6 Å². The minimum atomic E-state index is -1.81. The SMILES string of the molecule is CC(C)C[C@H](NC(=O)[C@H](C)NC(=O)[C@H](C)NC(=O)[C@H](C)NC(=O)[C@@H](NC(=O)CNC(=O)[C@@H](N)CCC(=O)O)C(C)C)C(=O)N[C@H](C(=O)N1CCC[C@H]1C(=O)N[C@@H](CCC(=O)O)C(=O)N[C@@H](CCCNC(=N)N)C(=O)N[C@@H](CC(C)C)C(=O)N[C@@H](CC(C)C)C(=O)N[C@@H](CCC(=O)O)C(=O)N[C@@H](Cc1c[nH]c2ccccc12)C(=O)N[C@@H](CCC(N)=O)C(=O)O)[C@@H](C)O. The number of amides is 16. The van der Waals surface area contributed by atoms with Crippen LogP contribution in [0.25, 0.3) is 10.9 Å². The molecule has 1 aromatic heterocycles. The summed E-state index contributed by atoms with van der Waals surface area (Å²) in [5.74, 6) is -23.1. The molecule has 1 aromatic carbocycles. The van der Waals surface area contributed by atoms with Crippen molar-refractivity contribution in [3.63, 3.8) is 0 Å². The minimum absolute atomic E-state index is 0.0240. The lowest BCUT2D eigenvalue weighted by atomic mass is 9.99. The van der Waals surface area contributed by atoms with Gasteiger partial charge in [0.05, 0.1) is 18.7 Å². The second kappa shape index (κ2) is 52.9. The standard InChI is InChI=1S/C80H127N21O25/c1-37(2)31-53(72(118)92-50(23-27-61(107)108)71(117)98-56(34-45-35-86-48-18-14-13-17-46(45)48)74(120)94-52(79(125)126)22-25-58(82)103)97-73(119)54(32-38(3)4)96-69(115)49(19-15-29-85-80(83)84)91-70(116)51(24-28-62(109)110)93-76(122)57-20-16-30-101(57)78(124)64(44(12)102)100-75(121)55(33-39(5)6)95-67(113)43(11)89-65(111)41(9)88-66(112)42(10)90-77(123)63(40(7)8)99-59(104)36-87-68(114)47(81)21-26-60(105)106/h13-14,17-18,35,37-44,47,49-57,63-64,86,102H,15-16,19-34,36,81H2,1-12H3,(H2,82,103)(H,87,114)(H,88,112)(H,89,111)(H,90,123)(H,91,116)(H,92,118)(H,93,122)(H,94,120)(H,95,113)(H,96,115)(H,97,119)(H,98,117)(H,99,104)(H,100,121)(H,105,106)(H,107,108)(H,109,110)(H,125,126)(H4,83,84,85)/t41-,42-,43-,44+,47-,49-,50-,51-,52-,53-,54-,55-,56-,57-,63-,64-/m0/s1.